The number of hydrogen-bond donors (Lipinski definition) is 5. The molecule has 0 saturated carbocycles. The van der Waals surface area contributed by atoms with Crippen molar-refractivity contribution in [1.29, 1.82) is 0 Å². The zero-order valence-electron chi connectivity index (χ0n) is 14.5. The van der Waals surface area contributed by atoms with Crippen LogP contribution in [0.3, 0.4) is 0 Å². The summed E-state index contributed by atoms with van der Waals surface area (Å²) in [5.41, 5.74) is 3.48. The van der Waals surface area contributed by atoms with Gasteiger partial charge in [-0.3, -0.25) is 30.1 Å². The number of H-pyrrole nitrogens is 2. The Kier molecular flexibility index (Phi) is 5.71. The van der Waals surface area contributed by atoms with Gasteiger partial charge >= 0.3 is 5.69 Å². The van der Waals surface area contributed by atoms with E-state index in [0.29, 0.717) is 10.7 Å². The smallest absolute Gasteiger partial charge is 0.313 e. The Morgan fingerprint density at radius 3 is 2.31 bits per heavy atom. The first-order valence-electron chi connectivity index (χ1n) is 8.02. The molecule has 1 heterocycles. The molecule has 0 radical (unpaired) electrons. The maximum absolute atomic E-state index is 12.5. The van der Waals surface area contributed by atoms with E-state index in [0.717, 1.165) is 6.20 Å². The number of hydrazine groups is 1. The molecule has 0 aliphatic carbocycles. The van der Waals surface area contributed by atoms with Crippen molar-refractivity contribution in [1.82, 2.24) is 15.4 Å². The van der Waals surface area contributed by atoms with Gasteiger partial charge in [0.1, 0.15) is 0 Å². The number of para-hydroxylation sites is 2. The second-order valence-electron chi connectivity index (χ2n) is 5.65. The van der Waals surface area contributed by atoms with Gasteiger partial charge in [0, 0.05) is 6.20 Å². The Hall–Kier alpha value is -3.57. The van der Waals surface area contributed by atoms with Crippen molar-refractivity contribution >= 4 is 38.9 Å². The fraction of sp³-hybridized carbons (Fsp3) is 0. The summed E-state index contributed by atoms with van der Waals surface area (Å²) in [5, 5.41) is 0.374. The van der Waals surface area contributed by atoms with Gasteiger partial charge in [0.2, 0.25) is 0 Å². The third-order valence-corrected chi connectivity index (χ3v) is 5.38. The molecule has 29 heavy (non-hydrogen) atoms. The molecule has 5 N–H and O–H groups in total. The predicted octanol–water partition coefficient (Wildman–Crippen LogP) is 1.27. The van der Waals surface area contributed by atoms with E-state index in [-0.39, 0.29) is 11.3 Å². The number of aromatic amines is 2. The lowest BCUT2D eigenvalue weighted by Crippen LogP contribution is -2.32. The Morgan fingerprint density at radius 1 is 0.966 bits per heavy atom. The average Bonchev–Trinajstić information content (AvgIpc) is 2.67. The van der Waals surface area contributed by atoms with Crippen molar-refractivity contribution in [2.45, 2.75) is 4.90 Å². The zero-order chi connectivity index (χ0) is 21.0. The highest BCUT2D eigenvalue weighted by Crippen LogP contribution is 2.21. The number of anilines is 2. The maximum Gasteiger partial charge on any atom is 0.325 e. The minimum absolute atomic E-state index is 0.0171. The molecular formula is C17H14ClN5O5S. The zero-order valence-corrected chi connectivity index (χ0v) is 16.1. The highest BCUT2D eigenvalue weighted by atomic mass is 35.5. The molecule has 10 nitrogen and oxygen atoms in total. The number of nitrogens with one attached hydrogen (secondary N) is 5. The summed E-state index contributed by atoms with van der Waals surface area (Å²) in [5.74, 6) is -0.654. The second kappa shape index (κ2) is 8.20. The number of halogens is 1. The van der Waals surface area contributed by atoms with Crippen LogP contribution >= 0.6 is 11.6 Å². The molecule has 3 aromatic rings. The van der Waals surface area contributed by atoms with E-state index < -0.39 is 32.1 Å². The van der Waals surface area contributed by atoms with Crippen molar-refractivity contribution in [3.8, 4) is 0 Å². The van der Waals surface area contributed by atoms with Crippen LogP contribution in [-0.4, -0.2) is 24.3 Å². The standard InChI is InChI=1S/C17H14ClN5O5S/c18-11-6-2-4-8-13(11)21-22-15(24)10-5-1-3-7-12(10)23-29(27,28)14-9-19-17(26)20-16(14)25/h1-9,21,23H,(H,22,24)(H2,19,20,25,26). The summed E-state index contributed by atoms with van der Waals surface area (Å²) < 4.78 is 27.2. The number of carbonyl (C=O) groups is 1. The molecule has 3 rings (SSSR count). The number of amides is 1. The topological polar surface area (TPSA) is 153 Å². The Bertz CT molecular complexity index is 1290. The van der Waals surface area contributed by atoms with Gasteiger partial charge in [0.25, 0.3) is 21.5 Å². The van der Waals surface area contributed by atoms with Gasteiger partial charge < -0.3 is 4.98 Å². The number of aromatic nitrogens is 2. The number of hydrogen-bond acceptors (Lipinski definition) is 6. The van der Waals surface area contributed by atoms with Crippen LogP contribution in [0.25, 0.3) is 0 Å². The minimum Gasteiger partial charge on any atom is -0.313 e. The Labute approximate surface area is 169 Å². The molecule has 0 aliphatic heterocycles. The first-order chi connectivity index (χ1) is 13.8. The lowest BCUT2D eigenvalue weighted by molar-refractivity contribution is 0.0963. The predicted molar refractivity (Wildman–Crippen MR) is 107 cm³/mol. The van der Waals surface area contributed by atoms with Gasteiger partial charge in [-0.05, 0) is 24.3 Å². The van der Waals surface area contributed by atoms with Crippen molar-refractivity contribution in [3.05, 3.63) is 86.2 Å². The van der Waals surface area contributed by atoms with Crippen LogP contribution < -0.4 is 26.8 Å². The highest BCUT2D eigenvalue weighted by molar-refractivity contribution is 7.92. The molecule has 0 aliphatic rings. The van der Waals surface area contributed by atoms with Gasteiger partial charge in [-0.2, -0.15) is 0 Å². The summed E-state index contributed by atoms with van der Waals surface area (Å²) in [7, 11) is -4.38. The maximum atomic E-state index is 12.5. The normalized spacial score (nSPS) is 10.9. The largest absolute Gasteiger partial charge is 0.325 e. The van der Waals surface area contributed by atoms with Crippen molar-refractivity contribution in [2.75, 3.05) is 10.1 Å². The van der Waals surface area contributed by atoms with E-state index in [1.807, 2.05) is 4.98 Å². The molecule has 12 heteroatoms. The van der Waals surface area contributed by atoms with Crippen LogP contribution in [0.2, 0.25) is 5.02 Å². The molecule has 0 unspecified atom stereocenters. The summed E-state index contributed by atoms with van der Waals surface area (Å²) in [6, 6.07) is 12.5. The fourth-order valence-corrected chi connectivity index (χ4v) is 3.59. The van der Waals surface area contributed by atoms with E-state index in [4.69, 9.17) is 11.6 Å². The van der Waals surface area contributed by atoms with Gasteiger partial charge in [0.15, 0.2) is 4.90 Å². The average molecular weight is 436 g/mol. The first kappa shape index (κ1) is 20.2. The fourth-order valence-electron chi connectivity index (χ4n) is 2.32. The molecule has 0 bridgehead atoms. The van der Waals surface area contributed by atoms with Crippen LogP contribution in [0.4, 0.5) is 11.4 Å². The number of benzene rings is 2. The van der Waals surface area contributed by atoms with Crippen LogP contribution in [0.5, 0.6) is 0 Å². The molecule has 2 aromatic carbocycles. The van der Waals surface area contributed by atoms with Crippen LogP contribution in [-0.2, 0) is 10.0 Å². The molecule has 0 fully saturated rings. The number of carbonyl (C=O) groups excluding carboxylic acids is 1. The van der Waals surface area contributed by atoms with Gasteiger partial charge in [0.05, 0.1) is 22.0 Å². The lowest BCUT2D eigenvalue weighted by atomic mass is 10.2. The lowest BCUT2D eigenvalue weighted by Gasteiger charge is -2.14. The highest BCUT2D eigenvalue weighted by Gasteiger charge is 2.22. The van der Waals surface area contributed by atoms with Crippen molar-refractivity contribution in [3.63, 3.8) is 0 Å². The number of sulfonamides is 1. The third-order valence-electron chi connectivity index (χ3n) is 3.68. The van der Waals surface area contributed by atoms with E-state index in [1.54, 1.807) is 24.3 Å². The first-order valence-corrected chi connectivity index (χ1v) is 9.89. The monoisotopic (exact) mass is 435 g/mol. The minimum atomic E-state index is -4.38. The van der Waals surface area contributed by atoms with Gasteiger partial charge in [-0.15, -0.1) is 0 Å². The Balaban J connectivity index is 1.85. The van der Waals surface area contributed by atoms with Gasteiger partial charge in [-0.1, -0.05) is 35.9 Å². The molecular weight excluding hydrogens is 422 g/mol. The van der Waals surface area contributed by atoms with Crippen LogP contribution in [0, 0.1) is 0 Å². The molecule has 1 amide bonds. The summed E-state index contributed by atoms with van der Waals surface area (Å²) in [4.78, 5) is 38.6. The van der Waals surface area contributed by atoms with Crippen molar-refractivity contribution < 1.29 is 13.2 Å². The molecule has 1 aromatic heterocycles. The van der Waals surface area contributed by atoms with E-state index in [1.165, 1.54) is 24.3 Å². The molecule has 0 atom stereocenters. The Morgan fingerprint density at radius 2 is 1.62 bits per heavy atom. The number of rotatable bonds is 6. The molecule has 0 saturated heterocycles. The van der Waals surface area contributed by atoms with Crippen molar-refractivity contribution in [2.24, 2.45) is 0 Å². The quantitative estimate of drug-likeness (QED) is 0.367. The molecule has 0 spiro atoms. The summed E-state index contributed by atoms with van der Waals surface area (Å²) >= 11 is 6.00. The molecule has 150 valence electrons. The second-order valence-corrected chi connectivity index (χ2v) is 7.70. The summed E-state index contributed by atoms with van der Waals surface area (Å²) in [6.07, 6.45) is 0.769. The van der Waals surface area contributed by atoms with Crippen LogP contribution in [0.1, 0.15) is 10.4 Å². The van der Waals surface area contributed by atoms with Gasteiger partial charge in [-0.25, -0.2) is 13.2 Å². The van der Waals surface area contributed by atoms with E-state index in [9.17, 15) is 22.8 Å². The third kappa shape index (κ3) is 4.65. The van der Waals surface area contributed by atoms with E-state index >= 15 is 0 Å². The SMILES string of the molecule is O=C(NNc1ccccc1Cl)c1ccccc1NS(=O)(=O)c1c[nH]c(=O)[nH]c1=O. The summed E-state index contributed by atoms with van der Waals surface area (Å²) in [6.45, 7) is 0. The van der Waals surface area contributed by atoms with E-state index in [2.05, 4.69) is 20.6 Å². The van der Waals surface area contributed by atoms with Crippen LogP contribution in [0.15, 0.2) is 69.2 Å².